The van der Waals surface area contributed by atoms with Crippen molar-refractivity contribution in [3.05, 3.63) is 54.6 Å². The Morgan fingerprint density at radius 2 is 2.22 bits per heavy atom. The second-order valence-electron chi connectivity index (χ2n) is 5.79. The highest BCUT2D eigenvalue weighted by Crippen LogP contribution is 2.22. The van der Waals surface area contributed by atoms with Gasteiger partial charge in [-0.2, -0.15) is 0 Å². The van der Waals surface area contributed by atoms with Crippen molar-refractivity contribution in [3.8, 4) is 5.75 Å². The van der Waals surface area contributed by atoms with Gasteiger partial charge >= 0.3 is 0 Å². The number of imidazole rings is 1. The monoisotopic (exact) mass is 311 g/mol. The average molecular weight is 311 g/mol. The van der Waals surface area contributed by atoms with Crippen LogP contribution in [0.25, 0.3) is 0 Å². The largest absolute Gasteiger partial charge is 0.486 e. The maximum Gasteiger partial charge on any atom is 0.224 e. The van der Waals surface area contributed by atoms with E-state index in [2.05, 4.69) is 22.5 Å². The lowest BCUT2D eigenvalue weighted by Crippen LogP contribution is -2.14. The number of ether oxygens (including phenoxy) is 1. The van der Waals surface area contributed by atoms with E-state index in [-0.39, 0.29) is 5.91 Å². The molecule has 1 atom stereocenters. The number of hydrogen-bond acceptors (Lipinski definition) is 3. The van der Waals surface area contributed by atoms with Crippen LogP contribution in [0.3, 0.4) is 0 Å². The molecule has 0 bridgehead atoms. The van der Waals surface area contributed by atoms with E-state index < -0.39 is 0 Å². The van der Waals surface area contributed by atoms with Gasteiger partial charge in [0.1, 0.15) is 18.2 Å². The van der Waals surface area contributed by atoms with Gasteiger partial charge in [-0.05, 0) is 43.0 Å². The molecule has 2 aromatic rings. The summed E-state index contributed by atoms with van der Waals surface area (Å²) < 4.78 is 7.62. The van der Waals surface area contributed by atoms with Crippen LogP contribution in [0.15, 0.2) is 48.8 Å². The molecule has 1 aromatic heterocycles. The molecule has 23 heavy (non-hydrogen) atoms. The van der Waals surface area contributed by atoms with Crippen LogP contribution in [0.2, 0.25) is 0 Å². The third kappa shape index (κ3) is 4.22. The smallest absolute Gasteiger partial charge is 0.224 e. The van der Waals surface area contributed by atoms with Crippen molar-refractivity contribution in [2.75, 3.05) is 5.32 Å². The summed E-state index contributed by atoms with van der Waals surface area (Å²) in [6, 6.07) is 7.42. The predicted molar refractivity (Wildman–Crippen MR) is 89.1 cm³/mol. The fourth-order valence-electron chi connectivity index (χ4n) is 2.63. The number of amides is 1. The van der Waals surface area contributed by atoms with Crippen molar-refractivity contribution >= 4 is 11.6 Å². The number of aromatic nitrogens is 2. The fraction of sp³-hybridized carbons (Fsp3) is 0.333. The highest BCUT2D eigenvalue weighted by atomic mass is 16.5. The molecule has 0 aliphatic heterocycles. The van der Waals surface area contributed by atoms with Crippen LogP contribution >= 0.6 is 0 Å². The number of aryl methyl sites for hydroxylation is 1. The summed E-state index contributed by atoms with van der Waals surface area (Å²) in [7, 11) is 1.93. The normalized spacial score (nSPS) is 16.5. The van der Waals surface area contributed by atoms with Crippen LogP contribution in [0.5, 0.6) is 5.75 Å². The molecule has 1 aliphatic carbocycles. The Labute approximate surface area is 136 Å². The summed E-state index contributed by atoms with van der Waals surface area (Å²) in [5.41, 5.74) is 0.793. The molecular weight excluding hydrogens is 290 g/mol. The Balaban J connectivity index is 1.49. The van der Waals surface area contributed by atoms with Gasteiger partial charge in [-0.3, -0.25) is 4.79 Å². The quantitative estimate of drug-likeness (QED) is 0.833. The molecule has 5 nitrogen and oxygen atoms in total. The van der Waals surface area contributed by atoms with Crippen molar-refractivity contribution in [1.82, 2.24) is 9.55 Å². The summed E-state index contributed by atoms with van der Waals surface area (Å²) >= 11 is 0. The van der Waals surface area contributed by atoms with Gasteiger partial charge in [-0.15, -0.1) is 0 Å². The van der Waals surface area contributed by atoms with Gasteiger partial charge in [0.25, 0.3) is 0 Å². The van der Waals surface area contributed by atoms with E-state index in [1.807, 2.05) is 42.1 Å². The van der Waals surface area contributed by atoms with Gasteiger partial charge in [-0.25, -0.2) is 4.98 Å². The average Bonchev–Trinajstić information content (AvgIpc) is 3.18. The zero-order valence-corrected chi connectivity index (χ0v) is 13.2. The summed E-state index contributed by atoms with van der Waals surface area (Å²) in [6.07, 6.45) is 10.6. The molecule has 0 saturated heterocycles. The molecule has 120 valence electrons. The minimum absolute atomic E-state index is 0.0585. The van der Waals surface area contributed by atoms with E-state index >= 15 is 0 Å². The summed E-state index contributed by atoms with van der Waals surface area (Å²) in [4.78, 5) is 16.2. The predicted octanol–water partition coefficient (Wildman–Crippen LogP) is 3.29. The zero-order chi connectivity index (χ0) is 16.1. The Morgan fingerprint density at radius 3 is 2.87 bits per heavy atom. The number of benzene rings is 1. The molecule has 5 heteroatoms. The first-order chi connectivity index (χ1) is 11.2. The summed E-state index contributed by atoms with van der Waals surface area (Å²) in [5.74, 6) is 2.07. The molecule has 0 radical (unpaired) electrons. The lowest BCUT2D eigenvalue weighted by molar-refractivity contribution is -0.116. The van der Waals surface area contributed by atoms with E-state index in [0.717, 1.165) is 30.1 Å². The van der Waals surface area contributed by atoms with Gasteiger partial charge in [0.05, 0.1) is 0 Å². The number of carbonyl (C=O) groups is 1. The van der Waals surface area contributed by atoms with Gasteiger partial charge in [0.2, 0.25) is 5.91 Å². The van der Waals surface area contributed by atoms with E-state index in [0.29, 0.717) is 18.9 Å². The molecule has 1 heterocycles. The molecule has 0 fully saturated rings. The lowest BCUT2D eigenvalue weighted by atomic mass is 10.1. The Morgan fingerprint density at radius 1 is 1.39 bits per heavy atom. The number of rotatable bonds is 6. The molecule has 1 aromatic carbocycles. The van der Waals surface area contributed by atoms with Crippen LogP contribution in [0, 0.1) is 5.92 Å². The molecule has 1 N–H and O–H groups in total. The first-order valence-corrected chi connectivity index (χ1v) is 7.86. The maximum atomic E-state index is 12.0. The van der Waals surface area contributed by atoms with Crippen molar-refractivity contribution < 1.29 is 9.53 Å². The van der Waals surface area contributed by atoms with E-state index in [1.54, 1.807) is 6.20 Å². The minimum Gasteiger partial charge on any atom is -0.486 e. The first-order valence-electron chi connectivity index (χ1n) is 7.86. The van der Waals surface area contributed by atoms with Gasteiger partial charge in [0.15, 0.2) is 0 Å². The minimum atomic E-state index is 0.0585. The van der Waals surface area contributed by atoms with Crippen molar-refractivity contribution in [1.29, 1.82) is 0 Å². The third-order valence-corrected chi connectivity index (χ3v) is 3.99. The number of allylic oxidation sites excluding steroid dienone is 2. The number of carbonyl (C=O) groups excluding carboxylic acids is 1. The zero-order valence-electron chi connectivity index (χ0n) is 13.2. The van der Waals surface area contributed by atoms with Crippen molar-refractivity contribution in [2.24, 2.45) is 13.0 Å². The second kappa shape index (κ2) is 7.13. The summed E-state index contributed by atoms with van der Waals surface area (Å²) in [5, 5.41) is 2.93. The van der Waals surface area contributed by atoms with Crippen LogP contribution in [0.4, 0.5) is 5.69 Å². The molecule has 0 saturated carbocycles. The van der Waals surface area contributed by atoms with Gasteiger partial charge in [0, 0.05) is 31.5 Å². The number of hydrogen-bond donors (Lipinski definition) is 1. The lowest BCUT2D eigenvalue weighted by Gasteiger charge is -2.10. The molecule has 3 rings (SSSR count). The molecule has 1 amide bonds. The standard InChI is InChI=1S/C18H21N3O2/c1-21-11-10-19-17(21)13-23-16-8-6-15(7-9-16)20-18(22)12-14-4-2-3-5-14/h2,4,6-11,14H,3,5,12-13H2,1H3,(H,20,22)/t14-/m0/s1. The Kier molecular flexibility index (Phi) is 4.76. The highest BCUT2D eigenvalue weighted by molar-refractivity contribution is 5.91. The molecule has 0 unspecified atom stereocenters. The number of anilines is 1. The SMILES string of the molecule is Cn1ccnc1COc1ccc(NC(=O)C[C@H]2C=CCC2)cc1. The second-order valence-corrected chi connectivity index (χ2v) is 5.79. The third-order valence-electron chi connectivity index (χ3n) is 3.99. The van der Waals surface area contributed by atoms with E-state index in [1.165, 1.54) is 0 Å². The molecule has 0 spiro atoms. The maximum absolute atomic E-state index is 12.0. The van der Waals surface area contributed by atoms with Crippen molar-refractivity contribution in [3.63, 3.8) is 0 Å². The van der Waals surface area contributed by atoms with Gasteiger partial charge in [-0.1, -0.05) is 12.2 Å². The van der Waals surface area contributed by atoms with Gasteiger partial charge < -0.3 is 14.6 Å². The Bertz CT molecular complexity index is 689. The van der Waals surface area contributed by atoms with Crippen LogP contribution in [-0.4, -0.2) is 15.5 Å². The van der Waals surface area contributed by atoms with Crippen LogP contribution in [-0.2, 0) is 18.4 Å². The van der Waals surface area contributed by atoms with Crippen molar-refractivity contribution in [2.45, 2.75) is 25.9 Å². The van der Waals surface area contributed by atoms with E-state index in [9.17, 15) is 4.79 Å². The van der Waals surface area contributed by atoms with Crippen LogP contribution in [0.1, 0.15) is 25.1 Å². The first kappa shape index (κ1) is 15.3. The van der Waals surface area contributed by atoms with Crippen LogP contribution < -0.4 is 10.1 Å². The van der Waals surface area contributed by atoms with E-state index in [4.69, 9.17) is 4.74 Å². The molecular formula is C18H21N3O2. The topological polar surface area (TPSA) is 56.1 Å². The highest BCUT2D eigenvalue weighted by Gasteiger charge is 2.14. The summed E-state index contributed by atoms with van der Waals surface area (Å²) in [6.45, 7) is 0.420. The molecule has 1 aliphatic rings. The fourth-order valence-corrected chi connectivity index (χ4v) is 2.63. The Hall–Kier alpha value is -2.56. The number of nitrogens with one attached hydrogen (secondary N) is 1. The number of nitrogens with zero attached hydrogens (tertiary/aromatic N) is 2.